The number of halogens is 4. The third-order valence-electron chi connectivity index (χ3n) is 6.49. The van der Waals surface area contributed by atoms with Crippen LogP contribution in [0, 0.1) is 0 Å². The van der Waals surface area contributed by atoms with Gasteiger partial charge in [-0.25, -0.2) is 4.79 Å². The van der Waals surface area contributed by atoms with Gasteiger partial charge < -0.3 is 14.8 Å². The van der Waals surface area contributed by atoms with Crippen molar-refractivity contribution in [3.8, 4) is 17.0 Å². The van der Waals surface area contributed by atoms with Crippen LogP contribution < -0.4 is 10.1 Å². The number of hydrogen-bond donors (Lipinski definition) is 2. The molecular formula is C28H33ClF3N3O3. The third kappa shape index (κ3) is 5.99. The van der Waals surface area contributed by atoms with E-state index in [1.54, 1.807) is 40.0 Å². The fourth-order valence-corrected chi connectivity index (χ4v) is 4.48. The van der Waals surface area contributed by atoms with Crippen molar-refractivity contribution in [2.45, 2.75) is 64.8 Å². The van der Waals surface area contributed by atoms with Gasteiger partial charge in [-0.05, 0) is 71.0 Å². The molecule has 2 aromatic carbocycles. The second kappa shape index (κ2) is 11.4. The van der Waals surface area contributed by atoms with E-state index in [0.717, 1.165) is 35.4 Å². The molecule has 1 unspecified atom stereocenters. The molecule has 6 nitrogen and oxygen atoms in total. The Labute approximate surface area is 225 Å². The first-order valence-electron chi connectivity index (χ1n) is 12.4. The van der Waals surface area contributed by atoms with Gasteiger partial charge in [-0.15, -0.1) is 0 Å². The van der Waals surface area contributed by atoms with Crippen LogP contribution in [0.25, 0.3) is 11.3 Å². The first kappa shape index (κ1) is 29.5. The fourth-order valence-electron chi connectivity index (χ4n) is 4.26. The topological polar surface area (TPSA) is 76.2 Å². The largest absolute Gasteiger partial charge is 0.475 e. The zero-order valence-corrected chi connectivity index (χ0v) is 23.1. The summed E-state index contributed by atoms with van der Waals surface area (Å²) in [5, 5.41) is 11.3. The lowest BCUT2D eigenvalue weighted by Gasteiger charge is -2.31. The molecule has 0 saturated heterocycles. The van der Waals surface area contributed by atoms with Crippen LogP contribution in [0.5, 0.6) is 5.75 Å². The molecule has 10 heteroatoms. The van der Waals surface area contributed by atoms with Gasteiger partial charge in [0.1, 0.15) is 5.75 Å². The van der Waals surface area contributed by atoms with E-state index in [9.17, 15) is 18.0 Å². The molecule has 0 saturated carbocycles. The average molecular weight is 552 g/mol. The molecule has 2 N–H and O–H groups in total. The standard InChI is InChI=1S/C28H33ClF3N3O3/c1-7-9-20-23(17-10-12-18(13-11-17)28(30,31)32)34-35-24(20)27(5,33-6)19-14-15-22(21(29)16-19)38-26(3,4)25(36)37-8-2/h10-16,33H,7-9H2,1-6H3,(H,34,35). The summed E-state index contributed by atoms with van der Waals surface area (Å²) in [7, 11) is 1.80. The first-order valence-corrected chi connectivity index (χ1v) is 12.8. The van der Waals surface area contributed by atoms with Crippen LogP contribution in [0.4, 0.5) is 13.2 Å². The predicted octanol–water partition coefficient (Wildman–Crippen LogP) is 6.90. The van der Waals surface area contributed by atoms with E-state index in [-0.39, 0.29) is 6.61 Å². The lowest BCUT2D eigenvalue weighted by Crippen LogP contribution is -2.40. The molecule has 0 amide bonds. The molecule has 0 aliphatic heterocycles. The fraction of sp³-hybridized carbons (Fsp3) is 0.429. The van der Waals surface area contributed by atoms with Crippen molar-refractivity contribution in [3.05, 3.63) is 69.9 Å². The second-order valence-electron chi connectivity index (χ2n) is 9.60. The number of hydrogen-bond acceptors (Lipinski definition) is 5. The summed E-state index contributed by atoms with van der Waals surface area (Å²) < 4.78 is 50.2. The first-order chi connectivity index (χ1) is 17.8. The van der Waals surface area contributed by atoms with Crippen molar-refractivity contribution in [3.63, 3.8) is 0 Å². The van der Waals surface area contributed by atoms with Crippen molar-refractivity contribution in [1.29, 1.82) is 0 Å². The highest BCUT2D eigenvalue weighted by atomic mass is 35.5. The number of esters is 1. The molecular weight excluding hydrogens is 519 g/mol. The van der Waals surface area contributed by atoms with Crippen LogP contribution in [0.2, 0.25) is 5.02 Å². The van der Waals surface area contributed by atoms with E-state index in [1.165, 1.54) is 12.1 Å². The Morgan fingerprint density at radius 3 is 2.21 bits per heavy atom. The second-order valence-corrected chi connectivity index (χ2v) is 10.0. The predicted molar refractivity (Wildman–Crippen MR) is 141 cm³/mol. The number of carbonyl (C=O) groups is 1. The summed E-state index contributed by atoms with van der Waals surface area (Å²) in [6.07, 6.45) is -2.95. The smallest absolute Gasteiger partial charge is 0.416 e. The lowest BCUT2D eigenvalue weighted by atomic mass is 9.84. The van der Waals surface area contributed by atoms with Gasteiger partial charge in [0, 0.05) is 11.1 Å². The van der Waals surface area contributed by atoms with Crippen LogP contribution >= 0.6 is 11.6 Å². The summed E-state index contributed by atoms with van der Waals surface area (Å²) in [6, 6.07) is 10.3. The lowest BCUT2D eigenvalue weighted by molar-refractivity contribution is -0.158. The summed E-state index contributed by atoms with van der Waals surface area (Å²) in [5.74, 6) is -0.173. The molecule has 0 aliphatic carbocycles. The van der Waals surface area contributed by atoms with Crippen molar-refractivity contribution in [2.24, 2.45) is 0 Å². The molecule has 3 aromatic rings. The molecule has 0 aliphatic rings. The molecule has 1 atom stereocenters. The zero-order chi connectivity index (χ0) is 28.3. The van der Waals surface area contributed by atoms with E-state index >= 15 is 0 Å². The van der Waals surface area contributed by atoms with E-state index in [0.29, 0.717) is 28.5 Å². The maximum atomic E-state index is 13.1. The van der Waals surface area contributed by atoms with E-state index < -0.39 is 28.8 Å². The monoisotopic (exact) mass is 551 g/mol. The number of nitrogens with one attached hydrogen (secondary N) is 2. The van der Waals surface area contributed by atoms with Crippen LogP contribution in [0.3, 0.4) is 0 Å². The minimum atomic E-state index is -4.41. The maximum Gasteiger partial charge on any atom is 0.416 e. The number of aromatic nitrogens is 2. The van der Waals surface area contributed by atoms with Crippen molar-refractivity contribution in [1.82, 2.24) is 15.5 Å². The maximum absolute atomic E-state index is 13.1. The highest BCUT2D eigenvalue weighted by molar-refractivity contribution is 6.32. The highest BCUT2D eigenvalue weighted by Crippen LogP contribution is 2.39. The number of rotatable bonds is 10. The van der Waals surface area contributed by atoms with Crippen molar-refractivity contribution in [2.75, 3.05) is 13.7 Å². The molecule has 0 spiro atoms. The van der Waals surface area contributed by atoms with E-state index in [1.807, 2.05) is 19.9 Å². The third-order valence-corrected chi connectivity index (χ3v) is 6.79. The van der Waals surface area contributed by atoms with Gasteiger partial charge in [-0.3, -0.25) is 5.10 Å². The molecule has 38 heavy (non-hydrogen) atoms. The molecule has 1 aromatic heterocycles. The quantitative estimate of drug-likeness (QED) is 0.268. The van der Waals surface area contributed by atoms with Crippen LogP contribution in [-0.4, -0.2) is 35.4 Å². The number of aromatic amines is 1. The van der Waals surface area contributed by atoms with Gasteiger partial charge in [-0.2, -0.15) is 18.3 Å². The van der Waals surface area contributed by atoms with Gasteiger partial charge in [0.25, 0.3) is 0 Å². The van der Waals surface area contributed by atoms with Crippen LogP contribution in [0.1, 0.15) is 63.4 Å². The summed E-state index contributed by atoms with van der Waals surface area (Å²) >= 11 is 6.60. The van der Waals surface area contributed by atoms with E-state index in [2.05, 4.69) is 15.5 Å². The number of carbonyl (C=O) groups excluding carboxylic acids is 1. The Morgan fingerprint density at radius 2 is 1.68 bits per heavy atom. The number of ether oxygens (including phenoxy) is 2. The summed E-state index contributed by atoms with van der Waals surface area (Å²) in [4.78, 5) is 12.3. The van der Waals surface area contributed by atoms with Gasteiger partial charge in [0.05, 0.1) is 34.1 Å². The van der Waals surface area contributed by atoms with Gasteiger partial charge in [0.2, 0.25) is 0 Å². The Morgan fingerprint density at radius 1 is 1.05 bits per heavy atom. The number of nitrogens with zero attached hydrogens (tertiary/aromatic N) is 1. The van der Waals surface area contributed by atoms with Crippen molar-refractivity contribution < 1.29 is 27.4 Å². The summed E-state index contributed by atoms with van der Waals surface area (Å²) in [5.41, 5.74) is 0.924. The minimum Gasteiger partial charge on any atom is -0.475 e. The summed E-state index contributed by atoms with van der Waals surface area (Å²) in [6.45, 7) is 9.16. The van der Waals surface area contributed by atoms with Gasteiger partial charge in [0.15, 0.2) is 5.60 Å². The molecule has 0 bridgehead atoms. The van der Waals surface area contributed by atoms with Gasteiger partial charge >= 0.3 is 12.1 Å². The number of benzene rings is 2. The molecule has 0 radical (unpaired) electrons. The minimum absolute atomic E-state index is 0.234. The SMILES string of the molecule is CCCc1c(-c2ccc(C(F)(F)F)cc2)n[nH]c1C(C)(NC)c1ccc(OC(C)(C)C(=O)OCC)c(Cl)c1. The average Bonchev–Trinajstić information content (AvgIpc) is 3.28. The molecule has 1 heterocycles. The highest BCUT2D eigenvalue weighted by Gasteiger charge is 2.36. The van der Waals surface area contributed by atoms with Crippen molar-refractivity contribution >= 4 is 17.6 Å². The van der Waals surface area contributed by atoms with Gasteiger partial charge in [-0.1, -0.05) is 43.1 Å². The number of H-pyrrole nitrogens is 1. The molecule has 0 fully saturated rings. The Balaban J connectivity index is 2.01. The van der Waals surface area contributed by atoms with Crippen LogP contribution in [0.15, 0.2) is 42.5 Å². The normalized spacial score (nSPS) is 13.7. The van der Waals surface area contributed by atoms with E-state index in [4.69, 9.17) is 21.1 Å². The Bertz CT molecular complexity index is 1270. The van der Waals surface area contributed by atoms with Crippen LogP contribution in [-0.2, 0) is 27.7 Å². The molecule has 3 rings (SSSR count). The number of alkyl halides is 3. The zero-order valence-electron chi connectivity index (χ0n) is 22.3. The Hall–Kier alpha value is -3.04. The Kier molecular flexibility index (Phi) is 8.83. The molecule has 206 valence electrons.